The largest absolute Gasteiger partial charge is 0.476 e. The zero-order valence-corrected chi connectivity index (χ0v) is 19.5. The fourth-order valence-electron chi connectivity index (χ4n) is 4.34. The SMILES string of the molecule is Cc1ccc2c(c1)NC(=O)[C@H](CO[Si](c1ccccc1)(c1ccccc1)C(C)(C)C)O2. The van der Waals surface area contributed by atoms with E-state index in [4.69, 9.17) is 9.16 Å². The fraction of sp³-hybridized carbons (Fsp3) is 0.269. The number of benzene rings is 3. The van der Waals surface area contributed by atoms with Gasteiger partial charge in [0.2, 0.25) is 0 Å². The van der Waals surface area contributed by atoms with Crippen molar-refractivity contribution in [2.45, 2.75) is 38.8 Å². The summed E-state index contributed by atoms with van der Waals surface area (Å²) in [5.74, 6) is 0.511. The van der Waals surface area contributed by atoms with E-state index in [0.29, 0.717) is 11.4 Å². The van der Waals surface area contributed by atoms with Crippen LogP contribution >= 0.6 is 0 Å². The lowest BCUT2D eigenvalue weighted by molar-refractivity contribution is -0.124. The molecule has 1 aliphatic rings. The highest BCUT2D eigenvalue weighted by atomic mass is 28.4. The van der Waals surface area contributed by atoms with E-state index >= 15 is 0 Å². The van der Waals surface area contributed by atoms with Crippen molar-refractivity contribution in [3.8, 4) is 5.75 Å². The second kappa shape index (κ2) is 8.33. The molecule has 0 radical (unpaired) electrons. The van der Waals surface area contributed by atoms with Gasteiger partial charge < -0.3 is 14.5 Å². The van der Waals surface area contributed by atoms with Gasteiger partial charge in [0.1, 0.15) is 5.75 Å². The van der Waals surface area contributed by atoms with Crippen LogP contribution in [0.1, 0.15) is 26.3 Å². The number of carbonyl (C=O) groups excluding carboxylic acids is 1. The van der Waals surface area contributed by atoms with E-state index in [9.17, 15) is 4.79 Å². The molecule has 0 spiro atoms. The summed E-state index contributed by atoms with van der Waals surface area (Å²) in [6.07, 6.45) is -0.697. The van der Waals surface area contributed by atoms with Crippen LogP contribution < -0.4 is 20.4 Å². The first-order valence-electron chi connectivity index (χ1n) is 10.6. The van der Waals surface area contributed by atoms with Gasteiger partial charge in [-0.25, -0.2) is 0 Å². The average Bonchev–Trinajstić information content (AvgIpc) is 2.75. The minimum atomic E-state index is -2.72. The Morgan fingerprint density at radius 1 is 0.935 bits per heavy atom. The number of hydrogen-bond acceptors (Lipinski definition) is 3. The lowest BCUT2D eigenvalue weighted by Crippen LogP contribution is -2.67. The lowest BCUT2D eigenvalue weighted by atomic mass is 10.1. The molecule has 1 aliphatic heterocycles. The average molecular weight is 432 g/mol. The molecular weight excluding hydrogens is 402 g/mol. The summed E-state index contributed by atoms with van der Waals surface area (Å²) < 4.78 is 12.9. The fourth-order valence-corrected chi connectivity index (χ4v) is 8.89. The molecule has 0 saturated heterocycles. The van der Waals surface area contributed by atoms with Crippen LogP contribution in [0, 0.1) is 6.92 Å². The number of aryl methyl sites for hydroxylation is 1. The van der Waals surface area contributed by atoms with Crippen LogP contribution in [0.25, 0.3) is 0 Å². The van der Waals surface area contributed by atoms with Crippen LogP contribution in [-0.2, 0) is 9.22 Å². The molecule has 1 heterocycles. The van der Waals surface area contributed by atoms with E-state index < -0.39 is 14.4 Å². The number of fused-ring (bicyclic) bond motifs is 1. The van der Waals surface area contributed by atoms with Gasteiger partial charge in [0.05, 0.1) is 12.3 Å². The number of hydrogen-bond donors (Lipinski definition) is 1. The summed E-state index contributed by atoms with van der Waals surface area (Å²) in [5.41, 5.74) is 1.79. The highest BCUT2D eigenvalue weighted by Gasteiger charge is 2.51. The summed E-state index contributed by atoms with van der Waals surface area (Å²) >= 11 is 0. The molecule has 3 aromatic rings. The minimum Gasteiger partial charge on any atom is -0.476 e. The maximum Gasteiger partial charge on any atom is 0.267 e. The van der Waals surface area contributed by atoms with Crippen molar-refractivity contribution in [3.05, 3.63) is 84.4 Å². The third-order valence-electron chi connectivity index (χ3n) is 5.82. The molecule has 0 saturated carbocycles. The number of ether oxygens (including phenoxy) is 1. The van der Waals surface area contributed by atoms with Crippen LogP contribution in [0.15, 0.2) is 78.9 Å². The molecule has 3 aromatic carbocycles. The van der Waals surface area contributed by atoms with Gasteiger partial charge in [-0.3, -0.25) is 4.79 Å². The number of nitrogens with one attached hydrogen (secondary N) is 1. The van der Waals surface area contributed by atoms with Gasteiger partial charge in [0.15, 0.2) is 6.10 Å². The summed E-state index contributed by atoms with van der Waals surface area (Å²) in [6.45, 7) is 8.84. The highest BCUT2D eigenvalue weighted by Crippen LogP contribution is 2.37. The summed E-state index contributed by atoms with van der Waals surface area (Å²) in [4.78, 5) is 12.8. The van der Waals surface area contributed by atoms with Gasteiger partial charge in [0, 0.05) is 0 Å². The van der Waals surface area contributed by atoms with Gasteiger partial charge >= 0.3 is 0 Å². The van der Waals surface area contributed by atoms with Crippen molar-refractivity contribution in [3.63, 3.8) is 0 Å². The van der Waals surface area contributed by atoms with Crippen molar-refractivity contribution >= 4 is 30.3 Å². The summed E-state index contributed by atoms with van der Waals surface area (Å²) in [7, 11) is -2.72. The van der Waals surface area contributed by atoms with Crippen LogP contribution in [0.5, 0.6) is 5.75 Å². The highest BCUT2D eigenvalue weighted by molar-refractivity contribution is 6.99. The normalized spacial score (nSPS) is 16.3. The molecule has 0 fully saturated rings. The lowest BCUT2D eigenvalue weighted by Gasteiger charge is -2.43. The summed E-state index contributed by atoms with van der Waals surface area (Å²) in [5, 5.41) is 5.18. The Hall–Kier alpha value is -2.89. The van der Waals surface area contributed by atoms with Crippen LogP contribution in [0.3, 0.4) is 0 Å². The third kappa shape index (κ3) is 4.03. The molecule has 160 valence electrons. The standard InChI is InChI=1S/C26H29NO3Si/c1-19-15-16-23-22(17-19)27-25(28)24(30-23)18-29-31(26(2,3)4,20-11-7-5-8-12-20)21-13-9-6-10-14-21/h5-17,24H,18H2,1-4H3,(H,27,28)/t24-/m0/s1. The molecule has 0 aromatic heterocycles. The number of anilines is 1. The van der Waals surface area contributed by atoms with Crippen LogP contribution in [0.4, 0.5) is 5.69 Å². The van der Waals surface area contributed by atoms with E-state index in [0.717, 1.165) is 5.56 Å². The van der Waals surface area contributed by atoms with Crippen molar-refractivity contribution < 1.29 is 14.0 Å². The zero-order valence-electron chi connectivity index (χ0n) is 18.5. The molecule has 1 N–H and O–H groups in total. The Bertz CT molecular complexity index is 1020. The molecule has 0 aliphatic carbocycles. The Morgan fingerprint density at radius 2 is 1.52 bits per heavy atom. The number of carbonyl (C=O) groups is 1. The Morgan fingerprint density at radius 3 is 2.06 bits per heavy atom. The first kappa shape index (κ1) is 21.3. The Balaban J connectivity index is 1.71. The first-order chi connectivity index (χ1) is 14.8. The smallest absolute Gasteiger partial charge is 0.267 e. The van der Waals surface area contributed by atoms with Gasteiger partial charge in [-0.2, -0.15) is 0 Å². The van der Waals surface area contributed by atoms with Gasteiger partial charge in [-0.15, -0.1) is 0 Å². The van der Waals surface area contributed by atoms with Crippen molar-refractivity contribution in [1.82, 2.24) is 0 Å². The predicted molar refractivity (Wildman–Crippen MR) is 128 cm³/mol. The molecule has 5 heteroatoms. The molecule has 4 nitrogen and oxygen atoms in total. The van der Waals surface area contributed by atoms with E-state index in [1.165, 1.54) is 10.4 Å². The minimum absolute atomic E-state index is 0.157. The van der Waals surface area contributed by atoms with Crippen LogP contribution in [0.2, 0.25) is 5.04 Å². The van der Waals surface area contributed by atoms with Crippen LogP contribution in [-0.4, -0.2) is 26.9 Å². The quantitative estimate of drug-likeness (QED) is 0.614. The zero-order chi connectivity index (χ0) is 22.1. The van der Waals surface area contributed by atoms with E-state index in [2.05, 4.69) is 74.6 Å². The Kier molecular flexibility index (Phi) is 5.73. The van der Waals surface area contributed by atoms with Crippen molar-refractivity contribution in [2.75, 3.05) is 11.9 Å². The molecule has 0 bridgehead atoms. The second-order valence-electron chi connectivity index (χ2n) is 9.07. The monoisotopic (exact) mass is 431 g/mol. The van der Waals surface area contributed by atoms with E-state index in [-0.39, 0.29) is 17.6 Å². The maximum atomic E-state index is 12.8. The number of rotatable bonds is 5. The maximum absolute atomic E-state index is 12.8. The van der Waals surface area contributed by atoms with Crippen molar-refractivity contribution in [2.24, 2.45) is 0 Å². The van der Waals surface area contributed by atoms with Crippen molar-refractivity contribution in [1.29, 1.82) is 0 Å². The van der Waals surface area contributed by atoms with Gasteiger partial charge in [0.25, 0.3) is 14.2 Å². The molecule has 4 rings (SSSR count). The van der Waals surface area contributed by atoms with E-state index in [1.54, 1.807) is 0 Å². The third-order valence-corrected chi connectivity index (χ3v) is 10.8. The summed E-state index contributed by atoms with van der Waals surface area (Å²) in [6, 6.07) is 26.6. The molecule has 1 amide bonds. The van der Waals surface area contributed by atoms with E-state index in [1.807, 2.05) is 37.3 Å². The van der Waals surface area contributed by atoms with Gasteiger partial charge in [-0.1, -0.05) is 87.5 Å². The molecule has 31 heavy (non-hydrogen) atoms. The predicted octanol–water partition coefficient (Wildman–Crippen LogP) is 4.27. The second-order valence-corrected chi connectivity index (χ2v) is 13.4. The topological polar surface area (TPSA) is 47.6 Å². The Labute approximate surface area is 185 Å². The molecule has 0 unspecified atom stereocenters. The molecular formula is C26H29NO3Si. The van der Waals surface area contributed by atoms with Gasteiger partial charge in [-0.05, 0) is 40.0 Å². The first-order valence-corrected chi connectivity index (χ1v) is 12.6. The number of amides is 1. The molecule has 1 atom stereocenters.